The average molecular weight is 443 g/mol. The maximum atomic E-state index is 13.3. The number of aliphatic hydroxyl groups is 1. The van der Waals surface area contributed by atoms with Gasteiger partial charge in [0.05, 0.1) is 6.04 Å². The van der Waals surface area contributed by atoms with Gasteiger partial charge in [0.1, 0.15) is 23.7 Å². The predicted octanol–water partition coefficient (Wildman–Crippen LogP) is 1.81. The van der Waals surface area contributed by atoms with E-state index in [1.54, 1.807) is 12.2 Å². The van der Waals surface area contributed by atoms with Gasteiger partial charge in [-0.1, -0.05) is 42.5 Å². The maximum absolute atomic E-state index is 13.3. The molecule has 0 radical (unpaired) electrons. The molecule has 0 bridgehead atoms. The lowest BCUT2D eigenvalue weighted by molar-refractivity contribution is -0.134. The van der Waals surface area contributed by atoms with Crippen molar-refractivity contribution in [1.82, 2.24) is 16.0 Å². The SMILES string of the molecule is C[C@H](NC(=O)[C@@H](O)c1cc(F)cc(F)c1)C(=O)N[C@H]1C=CC[C@@H](c2ccccc2)NC1=O. The quantitative estimate of drug-likeness (QED) is 0.511. The maximum Gasteiger partial charge on any atom is 0.254 e. The Morgan fingerprint density at radius 2 is 1.75 bits per heavy atom. The van der Waals surface area contributed by atoms with Gasteiger partial charge in [-0.2, -0.15) is 0 Å². The lowest BCUT2D eigenvalue weighted by atomic mass is 10.0. The fourth-order valence-corrected chi connectivity index (χ4v) is 3.30. The van der Waals surface area contributed by atoms with E-state index in [9.17, 15) is 28.3 Å². The largest absolute Gasteiger partial charge is 0.378 e. The van der Waals surface area contributed by atoms with Gasteiger partial charge < -0.3 is 21.1 Å². The molecule has 1 aliphatic rings. The van der Waals surface area contributed by atoms with Crippen LogP contribution in [0.4, 0.5) is 8.78 Å². The molecule has 4 N–H and O–H groups in total. The summed E-state index contributed by atoms with van der Waals surface area (Å²) in [7, 11) is 0. The van der Waals surface area contributed by atoms with Crippen molar-refractivity contribution in [2.24, 2.45) is 0 Å². The van der Waals surface area contributed by atoms with Crippen LogP contribution in [0, 0.1) is 11.6 Å². The summed E-state index contributed by atoms with van der Waals surface area (Å²) in [6.45, 7) is 1.36. The summed E-state index contributed by atoms with van der Waals surface area (Å²) >= 11 is 0. The standard InChI is InChI=1S/C23H23F2N3O4/c1-13(26-23(32)20(29)15-10-16(24)12-17(25)11-15)21(30)28-19-9-5-8-18(27-22(19)31)14-6-3-2-4-7-14/h2-7,9-13,18-20,29H,8H2,1H3,(H,26,32)(H,27,31)(H,28,30)/t13-,18-,19-,20-/m0/s1. The van der Waals surface area contributed by atoms with E-state index in [0.717, 1.165) is 17.7 Å². The number of rotatable bonds is 6. The number of nitrogens with one attached hydrogen (secondary N) is 3. The first-order valence-corrected chi connectivity index (χ1v) is 10.0. The minimum atomic E-state index is -1.87. The average Bonchev–Trinajstić information content (AvgIpc) is 2.94. The van der Waals surface area contributed by atoms with Crippen molar-refractivity contribution < 1.29 is 28.3 Å². The van der Waals surface area contributed by atoms with Crippen LogP contribution in [-0.4, -0.2) is 34.9 Å². The van der Waals surface area contributed by atoms with Crippen LogP contribution in [0.25, 0.3) is 0 Å². The molecule has 1 aliphatic heterocycles. The fourth-order valence-electron chi connectivity index (χ4n) is 3.30. The van der Waals surface area contributed by atoms with Crippen molar-refractivity contribution in [1.29, 1.82) is 0 Å². The second-order valence-electron chi connectivity index (χ2n) is 7.46. The molecule has 9 heteroatoms. The summed E-state index contributed by atoms with van der Waals surface area (Å²) in [5.74, 6) is -3.98. The van der Waals surface area contributed by atoms with Crippen molar-refractivity contribution in [2.75, 3.05) is 0 Å². The highest BCUT2D eigenvalue weighted by Gasteiger charge is 2.28. The molecular formula is C23H23F2N3O4. The summed E-state index contributed by atoms with van der Waals surface area (Å²) in [5.41, 5.74) is 0.645. The monoisotopic (exact) mass is 443 g/mol. The van der Waals surface area contributed by atoms with E-state index < -0.39 is 47.5 Å². The second kappa shape index (κ2) is 10.1. The van der Waals surface area contributed by atoms with E-state index in [2.05, 4.69) is 16.0 Å². The summed E-state index contributed by atoms with van der Waals surface area (Å²) in [4.78, 5) is 37.3. The summed E-state index contributed by atoms with van der Waals surface area (Å²) in [6.07, 6.45) is 2.02. The van der Waals surface area contributed by atoms with Gasteiger partial charge in [0.2, 0.25) is 11.8 Å². The van der Waals surface area contributed by atoms with Crippen LogP contribution in [0.5, 0.6) is 0 Å². The van der Waals surface area contributed by atoms with E-state index in [0.29, 0.717) is 12.5 Å². The first kappa shape index (κ1) is 23.1. The molecule has 3 amide bonds. The Kier molecular flexibility index (Phi) is 7.32. The third-order valence-corrected chi connectivity index (χ3v) is 5.00. The number of aliphatic hydroxyl groups excluding tert-OH is 1. The zero-order chi connectivity index (χ0) is 23.3. The van der Waals surface area contributed by atoms with Gasteiger partial charge in [0.25, 0.3) is 5.91 Å². The van der Waals surface area contributed by atoms with Gasteiger partial charge in [-0.25, -0.2) is 8.78 Å². The molecule has 0 spiro atoms. The van der Waals surface area contributed by atoms with E-state index in [-0.39, 0.29) is 11.6 Å². The third kappa shape index (κ3) is 5.76. The van der Waals surface area contributed by atoms with Crippen molar-refractivity contribution in [2.45, 2.75) is 37.6 Å². The van der Waals surface area contributed by atoms with Crippen LogP contribution >= 0.6 is 0 Å². The Morgan fingerprint density at radius 3 is 2.41 bits per heavy atom. The van der Waals surface area contributed by atoms with Crippen LogP contribution in [0.15, 0.2) is 60.7 Å². The number of amides is 3. The zero-order valence-corrected chi connectivity index (χ0v) is 17.2. The molecular weight excluding hydrogens is 420 g/mol. The van der Waals surface area contributed by atoms with Crippen LogP contribution < -0.4 is 16.0 Å². The first-order chi connectivity index (χ1) is 15.2. The van der Waals surface area contributed by atoms with E-state index in [1.165, 1.54) is 6.92 Å². The molecule has 0 aliphatic carbocycles. The number of halogens is 2. The number of benzene rings is 2. The molecule has 4 atom stereocenters. The normalized spacial score (nSPS) is 19.9. The molecule has 0 unspecified atom stereocenters. The van der Waals surface area contributed by atoms with Gasteiger partial charge in [-0.05, 0) is 36.6 Å². The van der Waals surface area contributed by atoms with Crippen molar-refractivity contribution in [3.63, 3.8) is 0 Å². The zero-order valence-electron chi connectivity index (χ0n) is 17.2. The molecule has 7 nitrogen and oxygen atoms in total. The predicted molar refractivity (Wildman–Crippen MR) is 112 cm³/mol. The highest BCUT2D eigenvalue weighted by molar-refractivity contribution is 5.93. The Labute approximate surface area is 183 Å². The smallest absolute Gasteiger partial charge is 0.254 e. The summed E-state index contributed by atoms with van der Waals surface area (Å²) in [5, 5.41) is 17.7. The number of hydrogen-bond donors (Lipinski definition) is 4. The van der Waals surface area contributed by atoms with Crippen LogP contribution in [0.3, 0.4) is 0 Å². The van der Waals surface area contributed by atoms with E-state index >= 15 is 0 Å². The van der Waals surface area contributed by atoms with Gasteiger partial charge in [0.15, 0.2) is 6.10 Å². The molecule has 2 aromatic carbocycles. The van der Waals surface area contributed by atoms with Gasteiger partial charge in [-0.3, -0.25) is 14.4 Å². The molecule has 0 saturated heterocycles. The topological polar surface area (TPSA) is 108 Å². The third-order valence-electron chi connectivity index (χ3n) is 5.00. The molecule has 0 aromatic heterocycles. The highest BCUT2D eigenvalue weighted by atomic mass is 19.1. The Balaban J connectivity index is 1.58. The minimum absolute atomic E-state index is 0.235. The number of hydrogen-bond acceptors (Lipinski definition) is 4. The number of carbonyl (C=O) groups is 3. The molecule has 0 fully saturated rings. The Morgan fingerprint density at radius 1 is 1.09 bits per heavy atom. The van der Waals surface area contributed by atoms with Gasteiger partial charge in [0, 0.05) is 6.07 Å². The van der Waals surface area contributed by atoms with Crippen molar-refractivity contribution >= 4 is 17.7 Å². The van der Waals surface area contributed by atoms with Crippen LogP contribution in [0.1, 0.15) is 36.6 Å². The summed E-state index contributed by atoms with van der Waals surface area (Å²) in [6, 6.07) is 9.35. The van der Waals surface area contributed by atoms with Crippen LogP contribution in [0.2, 0.25) is 0 Å². The minimum Gasteiger partial charge on any atom is -0.378 e. The Bertz CT molecular complexity index is 1010. The Hall–Kier alpha value is -3.59. The van der Waals surface area contributed by atoms with Crippen molar-refractivity contribution in [3.8, 4) is 0 Å². The van der Waals surface area contributed by atoms with Crippen molar-refractivity contribution in [3.05, 3.63) is 83.4 Å². The highest BCUT2D eigenvalue weighted by Crippen LogP contribution is 2.20. The van der Waals surface area contributed by atoms with Gasteiger partial charge >= 0.3 is 0 Å². The molecule has 3 rings (SSSR count). The van der Waals surface area contributed by atoms with E-state index in [1.807, 2.05) is 30.3 Å². The molecule has 2 aromatic rings. The summed E-state index contributed by atoms with van der Waals surface area (Å²) < 4.78 is 26.6. The molecule has 168 valence electrons. The lowest BCUT2D eigenvalue weighted by Crippen LogP contribution is -2.52. The van der Waals surface area contributed by atoms with Crippen LogP contribution in [-0.2, 0) is 14.4 Å². The fraction of sp³-hybridized carbons (Fsp3) is 0.261. The first-order valence-electron chi connectivity index (χ1n) is 10.0. The van der Waals surface area contributed by atoms with Gasteiger partial charge in [-0.15, -0.1) is 0 Å². The molecule has 0 saturated carbocycles. The molecule has 1 heterocycles. The lowest BCUT2D eigenvalue weighted by Gasteiger charge is -2.21. The van der Waals surface area contributed by atoms with E-state index in [4.69, 9.17) is 0 Å². The number of carbonyl (C=O) groups excluding carboxylic acids is 3. The molecule has 32 heavy (non-hydrogen) atoms. The second-order valence-corrected chi connectivity index (χ2v) is 7.46.